The Morgan fingerprint density at radius 3 is 2.86 bits per heavy atom. The van der Waals surface area contributed by atoms with E-state index in [2.05, 4.69) is 16.9 Å². The molecule has 1 unspecified atom stereocenters. The normalized spacial score (nSPS) is 12.8. The second kappa shape index (κ2) is 5.67. The summed E-state index contributed by atoms with van der Waals surface area (Å²) in [5.41, 5.74) is 7.38. The van der Waals surface area contributed by atoms with E-state index in [-0.39, 0.29) is 12.5 Å². The average Bonchev–Trinajstić information content (AvgIpc) is 2.21. The number of aryl methyl sites for hydroxylation is 1. The van der Waals surface area contributed by atoms with E-state index in [9.17, 15) is 0 Å². The zero-order valence-electron chi connectivity index (χ0n) is 8.48. The lowest BCUT2D eigenvalue weighted by atomic mass is 10.1. The van der Waals surface area contributed by atoms with Crippen LogP contribution in [0.25, 0.3) is 0 Å². The van der Waals surface area contributed by atoms with Gasteiger partial charge in [0.05, 0.1) is 12.3 Å². The molecular formula is C10H17N3O. The van der Waals surface area contributed by atoms with Crippen LogP contribution in [0.15, 0.2) is 12.4 Å². The lowest BCUT2D eigenvalue weighted by molar-refractivity contribution is 0.265. The molecule has 14 heavy (non-hydrogen) atoms. The number of rotatable bonds is 5. The van der Waals surface area contributed by atoms with E-state index in [0.29, 0.717) is 6.54 Å². The van der Waals surface area contributed by atoms with Gasteiger partial charge in [-0.15, -0.1) is 0 Å². The molecule has 4 heteroatoms. The van der Waals surface area contributed by atoms with Crippen LogP contribution >= 0.6 is 0 Å². The summed E-state index contributed by atoms with van der Waals surface area (Å²) in [5, 5.41) is 9.06. The maximum Gasteiger partial charge on any atom is 0.115 e. The van der Waals surface area contributed by atoms with Crippen molar-refractivity contribution in [2.45, 2.75) is 25.7 Å². The summed E-state index contributed by atoms with van der Waals surface area (Å²) in [5.74, 6) is -0.0615. The molecule has 1 aromatic heterocycles. The summed E-state index contributed by atoms with van der Waals surface area (Å²) >= 11 is 0. The number of hydrogen-bond donors (Lipinski definition) is 2. The summed E-state index contributed by atoms with van der Waals surface area (Å²) in [6, 6.07) is 1.93. The van der Waals surface area contributed by atoms with Crippen LogP contribution in [-0.2, 0) is 6.42 Å². The van der Waals surface area contributed by atoms with E-state index >= 15 is 0 Å². The van der Waals surface area contributed by atoms with Crippen molar-refractivity contribution in [1.29, 1.82) is 0 Å². The van der Waals surface area contributed by atoms with Crippen molar-refractivity contribution in [3.8, 4) is 0 Å². The Kier molecular flexibility index (Phi) is 4.49. The first-order valence-corrected chi connectivity index (χ1v) is 4.93. The van der Waals surface area contributed by atoms with Gasteiger partial charge in [-0.2, -0.15) is 0 Å². The maximum absolute atomic E-state index is 9.06. The van der Waals surface area contributed by atoms with Gasteiger partial charge in [0.15, 0.2) is 0 Å². The zero-order valence-corrected chi connectivity index (χ0v) is 8.48. The Balaban J connectivity index is 2.81. The Morgan fingerprint density at radius 2 is 2.29 bits per heavy atom. The molecule has 0 bridgehead atoms. The van der Waals surface area contributed by atoms with Crippen LogP contribution in [0.1, 0.15) is 30.7 Å². The Hall–Kier alpha value is -1.00. The molecular weight excluding hydrogens is 178 g/mol. The highest BCUT2D eigenvalue weighted by Gasteiger charge is 2.10. The molecule has 1 atom stereocenters. The Labute approximate surface area is 84.2 Å². The minimum Gasteiger partial charge on any atom is -0.396 e. The number of nitrogens with two attached hydrogens (primary N) is 1. The SMILES string of the molecule is CCCc1cc(C(CN)CO)ncn1. The smallest absolute Gasteiger partial charge is 0.115 e. The van der Waals surface area contributed by atoms with Gasteiger partial charge in [0.25, 0.3) is 0 Å². The monoisotopic (exact) mass is 195 g/mol. The van der Waals surface area contributed by atoms with Gasteiger partial charge in [-0.3, -0.25) is 0 Å². The van der Waals surface area contributed by atoms with Gasteiger partial charge < -0.3 is 10.8 Å². The second-order valence-corrected chi connectivity index (χ2v) is 3.30. The van der Waals surface area contributed by atoms with Gasteiger partial charge in [-0.1, -0.05) is 13.3 Å². The fourth-order valence-corrected chi connectivity index (χ4v) is 1.32. The first-order chi connectivity index (χ1) is 6.81. The molecule has 1 heterocycles. The molecule has 1 rings (SSSR count). The highest BCUT2D eigenvalue weighted by atomic mass is 16.3. The van der Waals surface area contributed by atoms with Crippen LogP contribution in [0.5, 0.6) is 0 Å². The number of nitrogens with zero attached hydrogens (tertiary/aromatic N) is 2. The van der Waals surface area contributed by atoms with Gasteiger partial charge in [0.1, 0.15) is 6.33 Å². The lowest BCUT2D eigenvalue weighted by Crippen LogP contribution is -2.17. The number of aliphatic hydroxyl groups excluding tert-OH is 1. The molecule has 0 aliphatic carbocycles. The third-order valence-electron chi connectivity index (χ3n) is 2.17. The summed E-state index contributed by atoms with van der Waals surface area (Å²) in [4.78, 5) is 8.26. The first-order valence-electron chi connectivity index (χ1n) is 4.93. The van der Waals surface area contributed by atoms with Crippen molar-refractivity contribution < 1.29 is 5.11 Å². The second-order valence-electron chi connectivity index (χ2n) is 3.30. The van der Waals surface area contributed by atoms with Crippen molar-refractivity contribution >= 4 is 0 Å². The minimum atomic E-state index is -0.0615. The summed E-state index contributed by atoms with van der Waals surface area (Å²) in [7, 11) is 0. The molecule has 0 fully saturated rings. The molecule has 1 aromatic rings. The topological polar surface area (TPSA) is 72.0 Å². The number of aliphatic hydroxyl groups is 1. The molecule has 0 saturated heterocycles. The summed E-state index contributed by atoms with van der Waals surface area (Å²) < 4.78 is 0. The van der Waals surface area contributed by atoms with E-state index in [1.807, 2.05) is 6.07 Å². The zero-order chi connectivity index (χ0) is 10.4. The highest BCUT2D eigenvalue weighted by molar-refractivity contribution is 5.13. The van der Waals surface area contributed by atoms with Crippen LogP contribution < -0.4 is 5.73 Å². The number of aromatic nitrogens is 2. The van der Waals surface area contributed by atoms with Crippen LogP contribution in [0.4, 0.5) is 0 Å². The van der Waals surface area contributed by atoms with E-state index in [4.69, 9.17) is 10.8 Å². The van der Waals surface area contributed by atoms with Gasteiger partial charge in [0.2, 0.25) is 0 Å². The van der Waals surface area contributed by atoms with Gasteiger partial charge in [-0.05, 0) is 12.5 Å². The minimum absolute atomic E-state index is 0.0408. The third-order valence-corrected chi connectivity index (χ3v) is 2.17. The van der Waals surface area contributed by atoms with Gasteiger partial charge in [0, 0.05) is 18.2 Å². The molecule has 0 aliphatic heterocycles. The molecule has 0 saturated carbocycles. The van der Waals surface area contributed by atoms with Crippen molar-refractivity contribution in [3.63, 3.8) is 0 Å². The quantitative estimate of drug-likeness (QED) is 0.716. The van der Waals surface area contributed by atoms with Gasteiger partial charge >= 0.3 is 0 Å². The van der Waals surface area contributed by atoms with E-state index in [1.54, 1.807) is 6.33 Å². The van der Waals surface area contributed by atoms with Crippen LogP contribution in [-0.4, -0.2) is 28.2 Å². The molecule has 4 nitrogen and oxygen atoms in total. The highest BCUT2D eigenvalue weighted by Crippen LogP contribution is 2.11. The van der Waals surface area contributed by atoms with Crippen LogP contribution in [0.2, 0.25) is 0 Å². The Bertz CT molecular complexity index is 274. The van der Waals surface area contributed by atoms with Crippen molar-refractivity contribution in [2.24, 2.45) is 5.73 Å². The number of hydrogen-bond acceptors (Lipinski definition) is 4. The molecule has 0 aromatic carbocycles. The molecule has 0 radical (unpaired) electrons. The van der Waals surface area contributed by atoms with Crippen molar-refractivity contribution in [1.82, 2.24) is 9.97 Å². The van der Waals surface area contributed by atoms with Crippen molar-refractivity contribution in [2.75, 3.05) is 13.2 Å². The predicted molar refractivity (Wildman–Crippen MR) is 54.9 cm³/mol. The van der Waals surface area contributed by atoms with E-state index < -0.39 is 0 Å². The summed E-state index contributed by atoms with van der Waals surface area (Å²) in [6.07, 6.45) is 3.54. The molecule has 0 amide bonds. The summed E-state index contributed by atoms with van der Waals surface area (Å²) in [6.45, 7) is 2.56. The fraction of sp³-hybridized carbons (Fsp3) is 0.600. The maximum atomic E-state index is 9.06. The van der Waals surface area contributed by atoms with Crippen LogP contribution in [0.3, 0.4) is 0 Å². The first kappa shape index (κ1) is 11.1. The third kappa shape index (κ3) is 2.75. The van der Waals surface area contributed by atoms with E-state index in [0.717, 1.165) is 24.2 Å². The average molecular weight is 195 g/mol. The standard InChI is InChI=1S/C10H17N3O/c1-2-3-9-4-10(13-7-12-9)8(5-11)6-14/h4,7-8,14H,2-3,5-6,11H2,1H3. The molecule has 0 aliphatic rings. The molecule has 3 N–H and O–H groups in total. The van der Waals surface area contributed by atoms with Crippen LogP contribution in [0, 0.1) is 0 Å². The van der Waals surface area contributed by atoms with E-state index in [1.165, 1.54) is 0 Å². The largest absolute Gasteiger partial charge is 0.396 e. The lowest BCUT2D eigenvalue weighted by Gasteiger charge is -2.10. The Morgan fingerprint density at radius 1 is 1.50 bits per heavy atom. The predicted octanol–water partition coefficient (Wildman–Crippen LogP) is 0.464. The molecule has 0 spiro atoms. The van der Waals surface area contributed by atoms with Gasteiger partial charge in [-0.25, -0.2) is 9.97 Å². The van der Waals surface area contributed by atoms with Crippen molar-refractivity contribution in [3.05, 3.63) is 23.8 Å². The fourth-order valence-electron chi connectivity index (χ4n) is 1.32. The molecule has 78 valence electrons.